The van der Waals surface area contributed by atoms with Gasteiger partial charge in [0.25, 0.3) is 0 Å². The molecule has 1 aromatic rings. The number of hydrogen-bond donors (Lipinski definition) is 2. The van der Waals surface area contributed by atoms with Crippen molar-refractivity contribution >= 4 is 5.97 Å². The first-order valence-electron chi connectivity index (χ1n) is 5.42. The molecule has 1 unspecified atom stereocenters. The van der Waals surface area contributed by atoms with Crippen molar-refractivity contribution in [2.45, 2.75) is 25.8 Å². The largest absolute Gasteiger partial charge is 0.493 e. The van der Waals surface area contributed by atoms with Crippen LogP contribution in [-0.2, 0) is 0 Å². The normalized spacial score (nSPS) is 12.2. The second-order valence-corrected chi connectivity index (χ2v) is 3.91. The van der Waals surface area contributed by atoms with Crippen molar-refractivity contribution < 1.29 is 19.0 Å². The summed E-state index contributed by atoms with van der Waals surface area (Å²) in [5.74, 6) is -1.61. The quantitative estimate of drug-likeness (QED) is 0.747. The molecule has 0 bridgehead atoms. The van der Waals surface area contributed by atoms with Crippen molar-refractivity contribution in [3.8, 4) is 5.75 Å². The summed E-state index contributed by atoms with van der Waals surface area (Å²) < 4.78 is 18.2. The van der Waals surface area contributed by atoms with Crippen molar-refractivity contribution in [1.29, 1.82) is 0 Å². The lowest BCUT2D eigenvalue weighted by atomic mass is 10.2. The third-order valence-corrected chi connectivity index (χ3v) is 2.23. The van der Waals surface area contributed by atoms with Gasteiger partial charge in [-0.05, 0) is 38.0 Å². The molecule has 0 fully saturated rings. The lowest BCUT2D eigenvalue weighted by Gasteiger charge is -2.10. The molecule has 1 atom stereocenters. The van der Waals surface area contributed by atoms with Crippen molar-refractivity contribution in [1.82, 2.24) is 0 Å². The maximum absolute atomic E-state index is 12.9. The van der Waals surface area contributed by atoms with Gasteiger partial charge in [0.05, 0.1) is 6.61 Å². The number of nitrogens with two attached hydrogens (primary N) is 1. The van der Waals surface area contributed by atoms with Crippen LogP contribution in [0.25, 0.3) is 0 Å². The molecular formula is C12H16FNO3. The zero-order chi connectivity index (χ0) is 12.8. The van der Waals surface area contributed by atoms with Crippen LogP contribution in [0.4, 0.5) is 4.39 Å². The molecule has 0 amide bonds. The topological polar surface area (TPSA) is 72.5 Å². The molecule has 0 aliphatic heterocycles. The third-order valence-electron chi connectivity index (χ3n) is 2.23. The lowest BCUT2D eigenvalue weighted by Crippen LogP contribution is -2.16. The Morgan fingerprint density at radius 2 is 2.29 bits per heavy atom. The molecule has 1 rings (SSSR count). The van der Waals surface area contributed by atoms with E-state index < -0.39 is 11.8 Å². The molecule has 0 aromatic heterocycles. The molecule has 5 heteroatoms. The van der Waals surface area contributed by atoms with Crippen molar-refractivity contribution in [3.63, 3.8) is 0 Å². The van der Waals surface area contributed by atoms with E-state index in [1.807, 2.05) is 6.92 Å². The standard InChI is InChI=1S/C12H16FNO3/c1-8(14)3-2-6-17-11-5-4-9(13)7-10(11)12(15)16/h4-5,7-8H,2-3,6,14H2,1H3,(H,15,16). The summed E-state index contributed by atoms with van der Waals surface area (Å²) in [4.78, 5) is 10.8. The Balaban J connectivity index is 2.61. The van der Waals surface area contributed by atoms with Crippen molar-refractivity contribution in [2.24, 2.45) is 5.73 Å². The van der Waals surface area contributed by atoms with E-state index in [-0.39, 0.29) is 17.4 Å². The van der Waals surface area contributed by atoms with E-state index in [1.165, 1.54) is 12.1 Å². The molecule has 0 saturated heterocycles. The average Bonchev–Trinajstić information content (AvgIpc) is 2.25. The summed E-state index contributed by atoms with van der Waals surface area (Å²) in [5.41, 5.74) is 5.41. The first kappa shape index (κ1) is 13.4. The van der Waals surface area contributed by atoms with Gasteiger partial charge >= 0.3 is 5.97 Å². The summed E-state index contributed by atoms with van der Waals surface area (Å²) in [6.45, 7) is 2.26. The predicted molar refractivity (Wildman–Crippen MR) is 61.7 cm³/mol. The van der Waals surface area contributed by atoms with E-state index in [2.05, 4.69) is 0 Å². The molecule has 17 heavy (non-hydrogen) atoms. The molecule has 0 saturated carbocycles. The van der Waals surface area contributed by atoms with Gasteiger partial charge in [-0.15, -0.1) is 0 Å². The molecule has 0 aliphatic rings. The highest BCUT2D eigenvalue weighted by molar-refractivity contribution is 5.90. The molecule has 0 radical (unpaired) electrons. The van der Waals surface area contributed by atoms with Gasteiger partial charge in [-0.2, -0.15) is 0 Å². The summed E-state index contributed by atoms with van der Waals surface area (Å²) in [7, 11) is 0. The van der Waals surface area contributed by atoms with Crippen LogP contribution in [0.1, 0.15) is 30.1 Å². The van der Waals surface area contributed by atoms with Crippen LogP contribution >= 0.6 is 0 Å². The van der Waals surface area contributed by atoms with Gasteiger partial charge in [-0.1, -0.05) is 0 Å². The molecule has 3 N–H and O–H groups in total. The predicted octanol–water partition coefficient (Wildman–Crippen LogP) is 2.03. The first-order chi connectivity index (χ1) is 8.00. The monoisotopic (exact) mass is 241 g/mol. The van der Waals surface area contributed by atoms with E-state index in [0.29, 0.717) is 6.61 Å². The second-order valence-electron chi connectivity index (χ2n) is 3.91. The smallest absolute Gasteiger partial charge is 0.339 e. The fourth-order valence-corrected chi connectivity index (χ4v) is 1.38. The minimum atomic E-state index is -1.20. The van der Waals surface area contributed by atoms with Gasteiger partial charge in [0.15, 0.2) is 0 Å². The number of benzene rings is 1. The summed E-state index contributed by atoms with van der Waals surface area (Å²) in [6.07, 6.45) is 1.53. The lowest BCUT2D eigenvalue weighted by molar-refractivity contribution is 0.0691. The van der Waals surface area contributed by atoms with Crippen LogP contribution in [-0.4, -0.2) is 23.7 Å². The van der Waals surface area contributed by atoms with E-state index >= 15 is 0 Å². The molecule has 94 valence electrons. The van der Waals surface area contributed by atoms with Crippen LogP contribution in [0.2, 0.25) is 0 Å². The number of carbonyl (C=O) groups is 1. The maximum Gasteiger partial charge on any atom is 0.339 e. The maximum atomic E-state index is 12.9. The SMILES string of the molecule is CC(N)CCCOc1ccc(F)cc1C(=O)O. The number of ether oxygens (including phenoxy) is 1. The summed E-state index contributed by atoms with van der Waals surface area (Å²) in [5, 5.41) is 8.87. The number of carboxylic acids is 1. The first-order valence-corrected chi connectivity index (χ1v) is 5.42. The Bertz CT molecular complexity index is 393. The Hall–Kier alpha value is -1.62. The molecule has 0 spiro atoms. The fraction of sp³-hybridized carbons (Fsp3) is 0.417. The van der Waals surface area contributed by atoms with Gasteiger partial charge in [0, 0.05) is 6.04 Å². The van der Waals surface area contributed by atoms with E-state index in [9.17, 15) is 9.18 Å². The molecule has 0 heterocycles. The minimum absolute atomic E-state index is 0.0887. The van der Waals surface area contributed by atoms with Gasteiger partial charge in [0.1, 0.15) is 17.1 Å². The number of aromatic carboxylic acids is 1. The van der Waals surface area contributed by atoms with E-state index in [1.54, 1.807) is 0 Å². The molecular weight excluding hydrogens is 225 g/mol. The van der Waals surface area contributed by atoms with Crippen LogP contribution in [0, 0.1) is 5.82 Å². The Morgan fingerprint density at radius 3 is 2.88 bits per heavy atom. The van der Waals surface area contributed by atoms with Gasteiger partial charge in [-0.3, -0.25) is 0 Å². The average molecular weight is 241 g/mol. The van der Waals surface area contributed by atoms with Crippen LogP contribution in [0.3, 0.4) is 0 Å². The number of rotatable bonds is 6. The summed E-state index contributed by atoms with van der Waals surface area (Å²) in [6, 6.07) is 3.53. The Morgan fingerprint density at radius 1 is 1.59 bits per heavy atom. The fourth-order valence-electron chi connectivity index (χ4n) is 1.38. The minimum Gasteiger partial charge on any atom is -0.493 e. The number of halogens is 1. The Kier molecular flexibility index (Phi) is 4.90. The highest BCUT2D eigenvalue weighted by Gasteiger charge is 2.12. The second kappa shape index (κ2) is 6.20. The van der Waals surface area contributed by atoms with Crippen molar-refractivity contribution in [2.75, 3.05) is 6.61 Å². The van der Waals surface area contributed by atoms with Crippen LogP contribution < -0.4 is 10.5 Å². The highest BCUT2D eigenvalue weighted by Crippen LogP contribution is 2.20. The Labute approximate surface area is 99.2 Å². The highest BCUT2D eigenvalue weighted by atomic mass is 19.1. The van der Waals surface area contributed by atoms with Gasteiger partial charge < -0.3 is 15.6 Å². The van der Waals surface area contributed by atoms with Crippen LogP contribution in [0.5, 0.6) is 5.75 Å². The molecule has 0 aliphatic carbocycles. The van der Waals surface area contributed by atoms with E-state index in [4.69, 9.17) is 15.6 Å². The van der Waals surface area contributed by atoms with E-state index in [0.717, 1.165) is 18.9 Å². The van der Waals surface area contributed by atoms with Gasteiger partial charge in [0.2, 0.25) is 0 Å². The third kappa shape index (κ3) is 4.40. The molecule has 1 aromatic carbocycles. The van der Waals surface area contributed by atoms with Crippen LogP contribution in [0.15, 0.2) is 18.2 Å². The van der Waals surface area contributed by atoms with Gasteiger partial charge in [-0.25, -0.2) is 9.18 Å². The summed E-state index contributed by atoms with van der Waals surface area (Å²) >= 11 is 0. The number of hydrogen-bond acceptors (Lipinski definition) is 3. The zero-order valence-electron chi connectivity index (χ0n) is 9.65. The number of carboxylic acid groups (broad SMARTS) is 1. The van der Waals surface area contributed by atoms with Crippen molar-refractivity contribution in [3.05, 3.63) is 29.6 Å². The zero-order valence-corrected chi connectivity index (χ0v) is 9.65. The molecule has 4 nitrogen and oxygen atoms in total.